The highest BCUT2D eigenvalue weighted by atomic mass is 31.2. The van der Waals surface area contributed by atoms with Gasteiger partial charge < -0.3 is 19.8 Å². The average Bonchev–Trinajstić information content (AvgIpc) is 3.39. The number of likely N-dealkylation sites (N-methyl/N-ethyl adjacent to an activating group) is 1. The number of hydrogen-bond acceptors (Lipinski definition) is 5. The molecule has 0 aromatic heterocycles. The summed E-state index contributed by atoms with van der Waals surface area (Å²) in [6.07, 6.45) is 83.0. The Hall–Kier alpha value is -2.32. The summed E-state index contributed by atoms with van der Waals surface area (Å²) >= 11 is 0. The molecule has 8 nitrogen and oxygen atoms in total. The molecule has 3 atom stereocenters. The lowest BCUT2D eigenvalue weighted by molar-refractivity contribution is -0.870. The van der Waals surface area contributed by atoms with Crippen molar-refractivity contribution in [1.29, 1.82) is 0 Å². The molecule has 448 valence electrons. The minimum Gasteiger partial charge on any atom is -0.387 e. The molecule has 0 radical (unpaired) electrons. The lowest BCUT2D eigenvalue weighted by atomic mass is 10.0. The standard InChI is InChI=1S/C68H125N2O6P/c1-6-8-10-12-14-16-18-20-22-24-25-26-27-28-29-30-31-32-33-34-35-36-37-38-39-40-41-42-43-44-45-46-48-50-52-54-56-58-60-62-68(72)69-66(65-76-77(73,74)75-64-63-70(3,4)5)67(71)61-59-57-55-53-51-49-47-23-21-19-17-15-13-11-9-7-2/h8,10,14,16,20-23,25-26,51,53,59,61,66-67,71H,6-7,9,11-13,15,17-19,24,27-50,52,54-58,60,62-65H2,1-5H3,(H-,69,72,73,74)/p+1/b10-8-,16-14-,22-20-,23-21+,26-25-,53-51+,61-59+. The fourth-order valence-electron chi connectivity index (χ4n) is 9.30. The van der Waals surface area contributed by atoms with Gasteiger partial charge in [0, 0.05) is 6.42 Å². The van der Waals surface area contributed by atoms with Crippen molar-refractivity contribution in [1.82, 2.24) is 5.32 Å². The van der Waals surface area contributed by atoms with E-state index in [2.05, 4.69) is 92.1 Å². The van der Waals surface area contributed by atoms with Crippen molar-refractivity contribution >= 4 is 13.7 Å². The number of carbonyl (C=O) groups excluding carboxylic acids is 1. The molecule has 0 aromatic rings. The molecule has 0 rings (SSSR count). The number of hydrogen-bond donors (Lipinski definition) is 3. The number of aliphatic hydroxyl groups excluding tert-OH is 1. The normalized spacial score (nSPS) is 14.3. The van der Waals surface area contributed by atoms with Crippen LogP contribution in [0.25, 0.3) is 0 Å². The van der Waals surface area contributed by atoms with Crippen LogP contribution >= 0.6 is 7.82 Å². The first-order chi connectivity index (χ1) is 37.5. The minimum atomic E-state index is -4.36. The van der Waals surface area contributed by atoms with Gasteiger partial charge in [-0.25, -0.2) is 4.57 Å². The summed E-state index contributed by atoms with van der Waals surface area (Å²) in [5.74, 6) is -0.188. The number of allylic oxidation sites excluding steroid dienone is 13. The van der Waals surface area contributed by atoms with Gasteiger partial charge in [-0.05, 0) is 83.5 Å². The summed E-state index contributed by atoms with van der Waals surface area (Å²) in [6.45, 7) is 4.68. The fourth-order valence-corrected chi connectivity index (χ4v) is 10.0. The van der Waals surface area contributed by atoms with Crippen LogP contribution in [0.4, 0.5) is 0 Å². The average molecular weight is 1100 g/mol. The van der Waals surface area contributed by atoms with E-state index in [4.69, 9.17) is 9.05 Å². The monoisotopic (exact) mass is 1100 g/mol. The van der Waals surface area contributed by atoms with Gasteiger partial charge in [0.2, 0.25) is 5.91 Å². The molecule has 0 heterocycles. The van der Waals surface area contributed by atoms with Crippen LogP contribution in [0.2, 0.25) is 0 Å². The molecule has 0 aliphatic rings. The SMILES string of the molecule is CC/C=C\C/C=C\C/C=C\C/C=C\CCCCCCCCCCCCCCCCCCCCCCCCCCCCC(=O)NC(COP(=O)(O)OCC[N+](C)(C)C)C(O)/C=C/CC/C=C/CC/C=C/CCCCCCCC. The highest BCUT2D eigenvalue weighted by Gasteiger charge is 2.27. The highest BCUT2D eigenvalue weighted by molar-refractivity contribution is 7.47. The maximum Gasteiger partial charge on any atom is 0.472 e. The molecular formula is C68H126N2O6P+. The molecular weight excluding hydrogens is 972 g/mol. The van der Waals surface area contributed by atoms with Gasteiger partial charge >= 0.3 is 7.82 Å². The highest BCUT2D eigenvalue weighted by Crippen LogP contribution is 2.43. The molecule has 9 heteroatoms. The third-order valence-electron chi connectivity index (χ3n) is 14.3. The Morgan fingerprint density at radius 2 is 0.792 bits per heavy atom. The Labute approximate surface area is 477 Å². The van der Waals surface area contributed by atoms with Gasteiger partial charge in [0.15, 0.2) is 0 Å². The summed E-state index contributed by atoms with van der Waals surface area (Å²) in [7, 11) is 1.55. The topological polar surface area (TPSA) is 105 Å². The van der Waals surface area contributed by atoms with E-state index in [0.717, 1.165) is 70.6 Å². The maximum atomic E-state index is 13.0. The van der Waals surface area contributed by atoms with Crippen molar-refractivity contribution < 1.29 is 32.9 Å². The van der Waals surface area contributed by atoms with Gasteiger partial charge in [-0.1, -0.05) is 285 Å². The number of carbonyl (C=O) groups is 1. The number of phosphoric acid groups is 1. The maximum absolute atomic E-state index is 13.0. The van der Waals surface area contributed by atoms with E-state index in [1.165, 1.54) is 199 Å². The van der Waals surface area contributed by atoms with Crippen LogP contribution in [-0.2, 0) is 18.4 Å². The van der Waals surface area contributed by atoms with E-state index >= 15 is 0 Å². The number of nitrogens with zero attached hydrogens (tertiary/aromatic N) is 1. The fraction of sp³-hybridized carbons (Fsp3) is 0.779. The smallest absolute Gasteiger partial charge is 0.387 e. The lowest BCUT2D eigenvalue weighted by Crippen LogP contribution is -2.45. The summed E-state index contributed by atoms with van der Waals surface area (Å²) in [5, 5.41) is 13.9. The first-order valence-corrected chi connectivity index (χ1v) is 34.0. The van der Waals surface area contributed by atoms with Crippen LogP contribution in [0.5, 0.6) is 0 Å². The molecule has 0 aromatic carbocycles. The minimum absolute atomic E-state index is 0.0528. The predicted molar refractivity (Wildman–Crippen MR) is 336 cm³/mol. The zero-order valence-electron chi connectivity index (χ0n) is 51.2. The Kier molecular flexibility index (Phi) is 56.6. The van der Waals surface area contributed by atoms with Crippen molar-refractivity contribution in [2.45, 2.75) is 302 Å². The van der Waals surface area contributed by atoms with E-state index in [1.54, 1.807) is 6.08 Å². The second-order valence-corrected chi connectivity index (χ2v) is 24.5. The number of phosphoric ester groups is 1. The van der Waals surface area contributed by atoms with Crippen molar-refractivity contribution in [3.63, 3.8) is 0 Å². The summed E-state index contributed by atoms with van der Waals surface area (Å²) < 4.78 is 23.7. The van der Waals surface area contributed by atoms with E-state index in [-0.39, 0.29) is 19.1 Å². The third kappa shape index (κ3) is 61.2. The van der Waals surface area contributed by atoms with Gasteiger partial charge in [0.05, 0.1) is 39.9 Å². The Morgan fingerprint density at radius 1 is 0.455 bits per heavy atom. The molecule has 77 heavy (non-hydrogen) atoms. The van der Waals surface area contributed by atoms with E-state index in [1.807, 2.05) is 27.2 Å². The number of rotatable bonds is 59. The summed E-state index contributed by atoms with van der Waals surface area (Å²) in [4.78, 5) is 23.3. The second kappa shape index (κ2) is 58.3. The van der Waals surface area contributed by atoms with Gasteiger partial charge in [-0.15, -0.1) is 0 Å². The molecule has 0 saturated heterocycles. The van der Waals surface area contributed by atoms with Gasteiger partial charge in [-0.2, -0.15) is 0 Å². The molecule has 0 aliphatic heterocycles. The van der Waals surface area contributed by atoms with Crippen molar-refractivity contribution in [3.8, 4) is 0 Å². The van der Waals surface area contributed by atoms with E-state index in [9.17, 15) is 19.4 Å². The van der Waals surface area contributed by atoms with E-state index < -0.39 is 20.0 Å². The Bertz CT molecular complexity index is 1530. The van der Waals surface area contributed by atoms with Gasteiger partial charge in [0.25, 0.3) is 0 Å². The van der Waals surface area contributed by atoms with Crippen LogP contribution in [-0.4, -0.2) is 73.4 Å². The van der Waals surface area contributed by atoms with Crippen molar-refractivity contribution in [2.75, 3.05) is 40.9 Å². The molecule has 3 N–H and O–H groups in total. The molecule has 0 fully saturated rings. The van der Waals surface area contributed by atoms with Crippen LogP contribution in [0, 0.1) is 0 Å². The summed E-state index contributed by atoms with van der Waals surface area (Å²) in [5.41, 5.74) is 0. The van der Waals surface area contributed by atoms with E-state index in [0.29, 0.717) is 17.4 Å². The third-order valence-corrected chi connectivity index (χ3v) is 15.3. The molecule has 0 saturated carbocycles. The predicted octanol–water partition coefficient (Wildman–Crippen LogP) is 20.4. The molecule has 1 amide bonds. The first kappa shape index (κ1) is 74.7. The lowest BCUT2D eigenvalue weighted by Gasteiger charge is -2.25. The largest absolute Gasteiger partial charge is 0.472 e. The molecule has 0 spiro atoms. The van der Waals surface area contributed by atoms with Gasteiger partial charge in [-0.3, -0.25) is 13.8 Å². The van der Waals surface area contributed by atoms with Crippen LogP contribution in [0.15, 0.2) is 85.1 Å². The first-order valence-electron chi connectivity index (χ1n) is 32.5. The van der Waals surface area contributed by atoms with Crippen LogP contribution < -0.4 is 5.32 Å². The summed E-state index contributed by atoms with van der Waals surface area (Å²) in [6, 6.07) is -0.871. The van der Waals surface area contributed by atoms with Crippen LogP contribution in [0.1, 0.15) is 290 Å². The number of unbranched alkanes of at least 4 members (excludes halogenated alkanes) is 34. The van der Waals surface area contributed by atoms with Crippen molar-refractivity contribution in [2.24, 2.45) is 0 Å². The van der Waals surface area contributed by atoms with Gasteiger partial charge in [0.1, 0.15) is 13.2 Å². The second-order valence-electron chi connectivity index (χ2n) is 23.1. The zero-order valence-corrected chi connectivity index (χ0v) is 52.1. The Morgan fingerprint density at radius 3 is 1.19 bits per heavy atom. The number of quaternary nitrogens is 1. The quantitative estimate of drug-likeness (QED) is 0.0243. The number of aliphatic hydroxyl groups is 1. The number of nitrogens with one attached hydrogen (secondary N) is 1. The Balaban J connectivity index is 3.95. The van der Waals surface area contributed by atoms with Crippen molar-refractivity contribution in [3.05, 3.63) is 85.1 Å². The molecule has 0 aliphatic carbocycles. The van der Waals surface area contributed by atoms with Crippen LogP contribution in [0.3, 0.4) is 0 Å². The number of amides is 1. The molecule has 3 unspecified atom stereocenters. The zero-order chi connectivity index (χ0) is 56.3. The molecule has 0 bridgehead atoms.